The SMILES string of the molecule is CCC(C(=O)c1cc(OC)ccc1OC)c1ccccc1. The van der Waals surface area contributed by atoms with Gasteiger partial charge < -0.3 is 9.47 Å². The van der Waals surface area contributed by atoms with E-state index in [1.807, 2.05) is 37.3 Å². The summed E-state index contributed by atoms with van der Waals surface area (Å²) >= 11 is 0. The third-order valence-electron chi connectivity index (χ3n) is 3.60. The molecule has 0 N–H and O–H groups in total. The lowest BCUT2D eigenvalue weighted by molar-refractivity contribution is 0.0954. The van der Waals surface area contributed by atoms with Crippen molar-refractivity contribution in [3.05, 3.63) is 59.7 Å². The van der Waals surface area contributed by atoms with Gasteiger partial charge in [-0.05, 0) is 30.2 Å². The number of rotatable bonds is 6. The molecule has 0 spiro atoms. The molecule has 2 aromatic carbocycles. The van der Waals surface area contributed by atoms with Crippen LogP contribution in [0.3, 0.4) is 0 Å². The Labute approximate surface area is 125 Å². The smallest absolute Gasteiger partial charge is 0.174 e. The predicted molar refractivity (Wildman–Crippen MR) is 83.4 cm³/mol. The molecule has 0 saturated heterocycles. The molecule has 0 aliphatic rings. The van der Waals surface area contributed by atoms with Crippen molar-refractivity contribution in [1.82, 2.24) is 0 Å². The standard InChI is InChI=1S/C18H20O3/c1-4-15(13-8-6-5-7-9-13)18(19)16-12-14(20-2)10-11-17(16)21-3/h5-12,15H,4H2,1-3H3. The Bertz CT molecular complexity index is 605. The average molecular weight is 284 g/mol. The first-order chi connectivity index (χ1) is 10.2. The lowest BCUT2D eigenvalue weighted by Gasteiger charge is -2.17. The molecule has 1 unspecified atom stereocenters. The summed E-state index contributed by atoms with van der Waals surface area (Å²) in [4.78, 5) is 12.9. The van der Waals surface area contributed by atoms with E-state index in [-0.39, 0.29) is 11.7 Å². The second-order valence-electron chi connectivity index (χ2n) is 4.80. The summed E-state index contributed by atoms with van der Waals surface area (Å²) in [5, 5.41) is 0. The molecule has 0 saturated carbocycles. The van der Waals surface area contributed by atoms with E-state index in [1.165, 1.54) is 0 Å². The minimum Gasteiger partial charge on any atom is -0.497 e. The van der Waals surface area contributed by atoms with Crippen molar-refractivity contribution in [3.63, 3.8) is 0 Å². The molecule has 3 nitrogen and oxygen atoms in total. The van der Waals surface area contributed by atoms with E-state index in [0.29, 0.717) is 17.1 Å². The van der Waals surface area contributed by atoms with Crippen molar-refractivity contribution >= 4 is 5.78 Å². The van der Waals surface area contributed by atoms with E-state index < -0.39 is 0 Å². The maximum atomic E-state index is 12.9. The zero-order chi connectivity index (χ0) is 15.2. The largest absolute Gasteiger partial charge is 0.497 e. The van der Waals surface area contributed by atoms with Gasteiger partial charge in [-0.1, -0.05) is 37.3 Å². The van der Waals surface area contributed by atoms with Crippen LogP contribution in [0.1, 0.15) is 35.2 Å². The second-order valence-corrected chi connectivity index (χ2v) is 4.80. The fraction of sp³-hybridized carbons (Fsp3) is 0.278. The molecule has 0 amide bonds. The van der Waals surface area contributed by atoms with Crippen molar-refractivity contribution in [2.45, 2.75) is 19.3 Å². The molecule has 0 radical (unpaired) electrons. The number of ketones is 1. The molecule has 110 valence electrons. The molecule has 0 aliphatic heterocycles. The molecule has 0 aliphatic carbocycles. The van der Waals surface area contributed by atoms with Crippen LogP contribution >= 0.6 is 0 Å². The van der Waals surface area contributed by atoms with Crippen LogP contribution in [0.5, 0.6) is 11.5 Å². The highest BCUT2D eigenvalue weighted by molar-refractivity contribution is 6.03. The maximum absolute atomic E-state index is 12.9. The van der Waals surface area contributed by atoms with E-state index in [9.17, 15) is 4.79 Å². The van der Waals surface area contributed by atoms with Gasteiger partial charge in [0.05, 0.1) is 19.8 Å². The Morgan fingerprint density at radius 3 is 2.33 bits per heavy atom. The van der Waals surface area contributed by atoms with Crippen LogP contribution in [0.2, 0.25) is 0 Å². The Balaban J connectivity index is 2.42. The Morgan fingerprint density at radius 2 is 1.76 bits per heavy atom. The molecular formula is C18H20O3. The van der Waals surface area contributed by atoms with Crippen LogP contribution in [0, 0.1) is 0 Å². The van der Waals surface area contributed by atoms with Crippen molar-refractivity contribution in [2.24, 2.45) is 0 Å². The number of Topliss-reactive ketones (excluding diaryl/α,β-unsaturated/α-hetero) is 1. The first kappa shape index (κ1) is 15.1. The van der Waals surface area contributed by atoms with Gasteiger partial charge in [0.2, 0.25) is 0 Å². The molecule has 21 heavy (non-hydrogen) atoms. The molecule has 0 bridgehead atoms. The number of carbonyl (C=O) groups excluding carboxylic acids is 1. The summed E-state index contributed by atoms with van der Waals surface area (Å²) < 4.78 is 10.5. The van der Waals surface area contributed by atoms with Crippen LogP contribution in [-0.4, -0.2) is 20.0 Å². The van der Waals surface area contributed by atoms with Crippen molar-refractivity contribution in [2.75, 3.05) is 14.2 Å². The topological polar surface area (TPSA) is 35.5 Å². The van der Waals surface area contributed by atoms with Crippen LogP contribution in [0.25, 0.3) is 0 Å². The third-order valence-corrected chi connectivity index (χ3v) is 3.60. The summed E-state index contributed by atoms with van der Waals surface area (Å²) in [5.74, 6) is 1.11. The molecule has 1 atom stereocenters. The number of hydrogen-bond donors (Lipinski definition) is 0. The first-order valence-corrected chi connectivity index (χ1v) is 7.02. The fourth-order valence-electron chi connectivity index (χ4n) is 2.45. The fourth-order valence-corrected chi connectivity index (χ4v) is 2.45. The van der Waals surface area contributed by atoms with Gasteiger partial charge in [-0.3, -0.25) is 4.79 Å². The molecular weight excluding hydrogens is 264 g/mol. The molecule has 2 rings (SSSR count). The van der Waals surface area contributed by atoms with Crippen LogP contribution in [0.4, 0.5) is 0 Å². The van der Waals surface area contributed by atoms with Crippen LogP contribution in [-0.2, 0) is 0 Å². The molecule has 0 heterocycles. The number of hydrogen-bond acceptors (Lipinski definition) is 3. The Morgan fingerprint density at radius 1 is 1.05 bits per heavy atom. The first-order valence-electron chi connectivity index (χ1n) is 7.02. The van der Waals surface area contributed by atoms with Crippen molar-refractivity contribution < 1.29 is 14.3 Å². The normalized spacial score (nSPS) is 11.8. The summed E-state index contributed by atoms with van der Waals surface area (Å²) in [5.41, 5.74) is 1.59. The number of benzene rings is 2. The van der Waals surface area contributed by atoms with Gasteiger partial charge in [-0.15, -0.1) is 0 Å². The van der Waals surface area contributed by atoms with Crippen LogP contribution < -0.4 is 9.47 Å². The van der Waals surface area contributed by atoms with Crippen LogP contribution in [0.15, 0.2) is 48.5 Å². The maximum Gasteiger partial charge on any atom is 0.174 e. The van der Waals surface area contributed by atoms with Gasteiger partial charge in [-0.2, -0.15) is 0 Å². The predicted octanol–water partition coefficient (Wildman–Crippen LogP) is 4.08. The van der Waals surface area contributed by atoms with Crippen molar-refractivity contribution in [3.8, 4) is 11.5 Å². The minimum atomic E-state index is -0.174. The lowest BCUT2D eigenvalue weighted by Crippen LogP contribution is -2.13. The van der Waals surface area contributed by atoms with E-state index in [2.05, 4.69) is 0 Å². The quantitative estimate of drug-likeness (QED) is 0.750. The summed E-state index contributed by atoms with van der Waals surface area (Å²) in [7, 11) is 3.16. The van der Waals surface area contributed by atoms with E-state index >= 15 is 0 Å². The van der Waals surface area contributed by atoms with Crippen molar-refractivity contribution in [1.29, 1.82) is 0 Å². The highest BCUT2D eigenvalue weighted by Crippen LogP contribution is 2.31. The van der Waals surface area contributed by atoms with Gasteiger partial charge in [-0.25, -0.2) is 0 Å². The van der Waals surface area contributed by atoms with Gasteiger partial charge in [0, 0.05) is 5.92 Å². The van der Waals surface area contributed by atoms with E-state index in [0.717, 1.165) is 12.0 Å². The van der Waals surface area contributed by atoms with Gasteiger partial charge >= 0.3 is 0 Å². The monoisotopic (exact) mass is 284 g/mol. The van der Waals surface area contributed by atoms with Gasteiger partial charge in [0.25, 0.3) is 0 Å². The number of carbonyl (C=O) groups is 1. The second kappa shape index (κ2) is 6.93. The van der Waals surface area contributed by atoms with E-state index in [4.69, 9.17) is 9.47 Å². The number of ether oxygens (including phenoxy) is 2. The molecule has 2 aromatic rings. The summed E-state index contributed by atoms with van der Waals surface area (Å²) in [6.07, 6.45) is 0.739. The summed E-state index contributed by atoms with van der Waals surface area (Å²) in [6, 6.07) is 15.1. The molecule has 3 heteroatoms. The number of methoxy groups -OCH3 is 2. The molecule has 0 fully saturated rings. The zero-order valence-corrected chi connectivity index (χ0v) is 12.6. The highest BCUT2D eigenvalue weighted by atomic mass is 16.5. The van der Waals surface area contributed by atoms with Gasteiger partial charge in [0.15, 0.2) is 5.78 Å². The third kappa shape index (κ3) is 3.24. The minimum absolute atomic E-state index is 0.0550. The summed E-state index contributed by atoms with van der Waals surface area (Å²) in [6.45, 7) is 2.02. The Hall–Kier alpha value is -2.29. The molecule has 0 aromatic heterocycles. The highest BCUT2D eigenvalue weighted by Gasteiger charge is 2.23. The zero-order valence-electron chi connectivity index (χ0n) is 12.6. The average Bonchev–Trinajstić information content (AvgIpc) is 2.55. The van der Waals surface area contributed by atoms with E-state index in [1.54, 1.807) is 32.4 Å². The lowest BCUT2D eigenvalue weighted by atomic mass is 9.88. The Kier molecular flexibility index (Phi) is 4.99. The van der Waals surface area contributed by atoms with Gasteiger partial charge in [0.1, 0.15) is 11.5 Å².